The number of hydrogen-bond acceptors (Lipinski definition) is 4. The van der Waals surface area contributed by atoms with Gasteiger partial charge in [0.05, 0.1) is 13.2 Å². The Morgan fingerprint density at radius 3 is 2.67 bits per heavy atom. The number of carbonyl (C=O) groups is 1. The summed E-state index contributed by atoms with van der Waals surface area (Å²) in [7, 11) is 3.21. The van der Waals surface area contributed by atoms with Crippen LogP contribution in [0.15, 0.2) is 24.3 Å². The Balaban J connectivity index is 2.13. The van der Waals surface area contributed by atoms with Crippen LogP contribution in [0.5, 0.6) is 5.75 Å². The number of methoxy groups -OCH3 is 2. The molecule has 0 saturated carbocycles. The van der Waals surface area contributed by atoms with Crippen LogP contribution < -0.4 is 10.1 Å². The van der Waals surface area contributed by atoms with Crippen LogP contribution in [-0.4, -0.2) is 51.3 Å². The fraction of sp³-hybridized carbons (Fsp3) is 0.562. The van der Waals surface area contributed by atoms with Gasteiger partial charge >= 0.3 is 0 Å². The van der Waals surface area contributed by atoms with Crippen LogP contribution in [-0.2, 0) is 9.53 Å². The number of ether oxygens (including phenoxy) is 2. The smallest absolute Gasteiger partial charge is 0.246 e. The predicted molar refractivity (Wildman–Crippen MR) is 81.4 cm³/mol. The van der Waals surface area contributed by atoms with Gasteiger partial charge in [-0.15, -0.1) is 0 Å². The van der Waals surface area contributed by atoms with Crippen LogP contribution in [0.4, 0.5) is 0 Å². The number of benzene rings is 1. The minimum absolute atomic E-state index is 0.0865. The first-order valence-corrected chi connectivity index (χ1v) is 7.39. The van der Waals surface area contributed by atoms with Gasteiger partial charge in [0.25, 0.3) is 0 Å². The molecule has 1 amide bonds. The maximum absolute atomic E-state index is 11.7. The van der Waals surface area contributed by atoms with E-state index >= 15 is 0 Å². The van der Waals surface area contributed by atoms with Crippen molar-refractivity contribution in [3.63, 3.8) is 0 Å². The summed E-state index contributed by atoms with van der Waals surface area (Å²) < 4.78 is 10.3. The summed E-state index contributed by atoms with van der Waals surface area (Å²) >= 11 is 0. The molecule has 1 heterocycles. The van der Waals surface area contributed by atoms with E-state index in [9.17, 15) is 4.79 Å². The molecule has 1 atom stereocenters. The monoisotopic (exact) mass is 292 g/mol. The molecule has 0 bridgehead atoms. The van der Waals surface area contributed by atoms with Crippen molar-refractivity contribution in [1.82, 2.24) is 10.2 Å². The lowest BCUT2D eigenvalue weighted by molar-refractivity contribution is -0.125. The van der Waals surface area contributed by atoms with E-state index in [4.69, 9.17) is 9.47 Å². The largest absolute Gasteiger partial charge is 0.496 e. The molecule has 5 nitrogen and oxygen atoms in total. The molecule has 1 aliphatic rings. The number of rotatable bonds is 7. The normalized spacial score (nSPS) is 16.7. The molecule has 0 aliphatic carbocycles. The van der Waals surface area contributed by atoms with Crippen molar-refractivity contribution in [1.29, 1.82) is 0 Å². The Kier molecular flexibility index (Phi) is 6.02. The molecule has 1 unspecified atom stereocenters. The van der Waals surface area contributed by atoms with Gasteiger partial charge in [0.1, 0.15) is 12.4 Å². The van der Waals surface area contributed by atoms with Gasteiger partial charge in [-0.3, -0.25) is 9.69 Å². The summed E-state index contributed by atoms with van der Waals surface area (Å²) in [6, 6.07) is 8.16. The summed E-state index contributed by atoms with van der Waals surface area (Å²) in [5.41, 5.74) is 1.12. The molecule has 116 valence electrons. The number of carbonyl (C=O) groups excluding carboxylic acids is 1. The number of likely N-dealkylation sites (tertiary alicyclic amines) is 1. The van der Waals surface area contributed by atoms with Crippen molar-refractivity contribution in [3.8, 4) is 5.75 Å². The molecule has 0 aromatic heterocycles. The molecule has 2 rings (SSSR count). The molecule has 1 saturated heterocycles. The zero-order valence-corrected chi connectivity index (χ0v) is 12.8. The van der Waals surface area contributed by atoms with Crippen molar-refractivity contribution in [2.75, 3.05) is 40.5 Å². The molecule has 1 fully saturated rings. The number of nitrogens with one attached hydrogen (secondary N) is 1. The van der Waals surface area contributed by atoms with E-state index in [-0.39, 0.29) is 18.6 Å². The molecule has 1 aromatic rings. The topological polar surface area (TPSA) is 50.8 Å². The van der Waals surface area contributed by atoms with Crippen molar-refractivity contribution in [2.45, 2.75) is 18.9 Å². The zero-order chi connectivity index (χ0) is 15.1. The molecule has 21 heavy (non-hydrogen) atoms. The molecule has 1 aliphatic heterocycles. The Hall–Kier alpha value is -1.59. The molecular weight excluding hydrogens is 268 g/mol. The Bertz CT molecular complexity index is 459. The SMILES string of the molecule is COCC(=O)NCC(c1ccccc1OC)N1CCCC1. The molecule has 0 radical (unpaired) electrons. The van der Waals surface area contributed by atoms with E-state index in [0.29, 0.717) is 6.54 Å². The predicted octanol–water partition coefficient (Wildman–Crippen LogP) is 1.59. The van der Waals surface area contributed by atoms with Gasteiger partial charge in [-0.05, 0) is 32.0 Å². The number of hydrogen-bond donors (Lipinski definition) is 1. The molecule has 5 heteroatoms. The summed E-state index contributed by atoms with van der Waals surface area (Å²) in [4.78, 5) is 14.1. The summed E-state index contributed by atoms with van der Waals surface area (Å²) in [6.45, 7) is 2.78. The molecule has 1 N–H and O–H groups in total. The standard InChI is InChI=1S/C16H24N2O3/c1-20-12-16(19)17-11-14(18-9-5-6-10-18)13-7-3-4-8-15(13)21-2/h3-4,7-8,14H,5-6,9-12H2,1-2H3,(H,17,19). The van der Waals surface area contributed by atoms with Crippen molar-refractivity contribution >= 4 is 5.91 Å². The van der Waals surface area contributed by atoms with Crippen LogP contribution >= 0.6 is 0 Å². The van der Waals surface area contributed by atoms with E-state index in [0.717, 1.165) is 24.4 Å². The third-order valence-electron chi connectivity index (χ3n) is 3.85. The Morgan fingerprint density at radius 2 is 2.00 bits per heavy atom. The summed E-state index contributed by atoms with van der Waals surface area (Å²) in [5, 5.41) is 2.95. The van der Waals surface area contributed by atoms with Crippen LogP contribution in [0.3, 0.4) is 0 Å². The molecular formula is C16H24N2O3. The quantitative estimate of drug-likeness (QED) is 0.829. The number of para-hydroxylation sites is 1. The van der Waals surface area contributed by atoms with E-state index in [2.05, 4.69) is 16.3 Å². The highest BCUT2D eigenvalue weighted by atomic mass is 16.5. The second kappa shape index (κ2) is 8.00. The first-order chi connectivity index (χ1) is 10.3. The average molecular weight is 292 g/mol. The van der Waals surface area contributed by atoms with Gasteiger partial charge in [0.15, 0.2) is 0 Å². The second-order valence-corrected chi connectivity index (χ2v) is 5.24. The van der Waals surface area contributed by atoms with Gasteiger partial charge in [0, 0.05) is 19.2 Å². The number of nitrogens with zero attached hydrogens (tertiary/aromatic N) is 1. The van der Waals surface area contributed by atoms with E-state index in [1.807, 2.05) is 18.2 Å². The zero-order valence-electron chi connectivity index (χ0n) is 12.8. The minimum atomic E-state index is -0.0865. The number of amides is 1. The lowest BCUT2D eigenvalue weighted by Crippen LogP contribution is -2.38. The van der Waals surface area contributed by atoms with Crippen LogP contribution in [0.2, 0.25) is 0 Å². The first-order valence-electron chi connectivity index (χ1n) is 7.39. The van der Waals surface area contributed by atoms with Crippen LogP contribution in [0.25, 0.3) is 0 Å². The third kappa shape index (κ3) is 4.19. The van der Waals surface area contributed by atoms with Crippen LogP contribution in [0.1, 0.15) is 24.4 Å². The van der Waals surface area contributed by atoms with Crippen LogP contribution in [0, 0.1) is 0 Å². The first kappa shape index (κ1) is 15.8. The highest BCUT2D eigenvalue weighted by molar-refractivity contribution is 5.77. The summed E-state index contributed by atoms with van der Waals surface area (Å²) in [6.07, 6.45) is 2.41. The van der Waals surface area contributed by atoms with E-state index < -0.39 is 0 Å². The van der Waals surface area contributed by atoms with E-state index in [1.54, 1.807) is 7.11 Å². The fourth-order valence-corrected chi connectivity index (χ4v) is 2.82. The third-order valence-corrected chi connectivity index (χ3v) is 3.85. The molecule has 0 spiro atoms. The van der Waals surface area contributed by atoms with Gasteiger partial charge in [0.2, 0.25) is 5.91 Å². The van der Waals surface area contributed by atoms with Gasteiger partial charge in [-0.25, -0.2) is 0 Å². The van der Waals surface area contributed by atoms with Gasteiger partial charge in [-0.2, -0.15) is 0 Å². The average Bonchev–Trinajstić information content (AvgIpc) is 3.02. The van der Waals surface area contributed by atoms with Crippen molar-refractivity contribution in [2.24, 2.45) is 0 Å². The Labute approximate surface area is 126 Å². The fourth-order valence-electron chi connectivity index (χ4n) is 2.82. The van der Waals surface area contributed by atoms with Gasteiger partial charge in [-0.1, -0.05) is 18.2 Å². The summed E-state index contributed by atoms with van der Waals surface area (Å²) in [5.74, 6) is 0.784. The lowest BCUT2D eigenvalue weighted by atomic mass is 10.0. The second-order valence-electron chi connectivity index (χ2n) is 5.24. The minimum Gasteiger partial charge on any atom is -0.496 e. The molecule has 1 aromatic carbocycles. The highest BCUT2D eigenvalue weighted by Crippen LogP contribution is 2.31. The maximum atomic E-state index is 11.7. The highest BCUT2D eigenvalue weighted by Gasteiger charge is 2.26. The van der Waals surface area contributed by atoms with Crippen molar-refractivity contribution < 1.29 is 14.3 Å². The van der Waals surface area contributed by atoms with E-state index in [1.165, 1.54) is 20.0 Å². The van der Waals surface area contributed by atoms with Crippen molar-refractivity contribution in [3.05, 3.63) is 29.8 Å². The Morgan fingerprint density at radius 1 is 1.29 bits per heavy atom. The maximum Gasteiger partial charge on any atom is 0.246 e. The lowest BCUT2D eigenvalue weighted by Gasteiger charge is -2.29. The van der Waals surface area contributed by atoms with Gasteiger partial charge < -0.3 is 14.8 Å².